The van der Waals surface area contributed by atoms with Crippen molar-refractivity contribution < 1.29 is 4.79 Å². The summed E-state index contributed by atoms with van der Waals surface area (Å²) in [6.07, 6.45) is 1.67. The van der Waals surface area contributed by atoms with Gasteiger partial charge in [-0.05, 0) is 49.1 Å². The van der Waals surface area contributed by atoms with Gasteiger partial charge in [-0.2, -0.15) is 0 Å². The molecule has 1 aliphatic rings. The average Bonchev–Trinajstić information content (AvgIpc) is 2.63. The van der Waals surface area contributed by atoms with Crippen LogP contribution in [0.4, 0.5) is 11.4 Å². The first kappa shape index (κ1) is 14.1. The third-order valence-electron chi connectivity index (χ3n) is 3.81. The Labute approximate surface area is 132 Å². The number of hydrogen-bond donors (Lipinski definition) is 2. The molecule has 0 spiro atoms. The third kappa shape index (κ3) is 3.10. The van der Waals surface area contributed by atoms with E-state index in [0.717, 1.165) is 28.7 Å². The molecule has 4 heteroatoms. The van der Waals surface area contributed by atoms with Crippen LogP contribution in [0.5, 0.6) is 0 Å². The quantitative estimate of drug-likeness (QED) is 0.860. The Morgan fingerprint density at radius 1 is 1.24 bits per heavy atom. The number of amides is 1. The summed E-state index contributed by atoms with van der Waals surface area (Å²) in [5.74, 6) is 0.0247. The van der Waals surface area contributed by atoms with Gasteiger partial charge in [-0.25, -0.2) is 0 Å². The molecule has 0 saturated carbocycles. The van der Waals surface area contributed by atoms with Crippen LogP contribution in [-0.2, 0) is 11.2 Å². The van der Waals surface area contributed by atoms with E-state index in [-0.39, 0.29) is 11.9 Å². The number of aryl methyl sites for hydroxylation is 2. The van der Waals surface area contributed by atoms with E-state index in [2.05, 4.69) is 32.6 Å². The average molecular weight is 345 g/mol. The predicted octanol–water partition coefficient (Wildman–Crippen LogP) is 4.12. The molecule has 2 aromatic carbocycles. The summed E-state index contributed by atoms with van der Waals surface area (Å²) in [5.41, 5.74) is 4.26. The summed E-state index contributed by atoms with van der Waals surface area (Å²) in [6.45, 7) is 2.04. The molecule has 3 rings (SSSR count). The van der Waals surface area contributed by atoms with E-state index in [9.17, 15) is 4.79 Å². The molecule has 2 N–H and O–H groups in total. The van der Waals surface area contributed by atoms with Gasteiger partial charge in [-0.1, -0.05) is 40.2 Å². The van der Waals surface area contributed by atoms with Crippen molar-refractivity contribution in [1.82, 2.24) is 0 Å². The van der Waals surface area contributed by atoms with E-state index < -0.39 is 0 Å². The van der Waals surface area contributed by atoms with Crippen molar-refractivity contribution in [2.45, 2.75) is 25.8 Å². The number of benzene rings is 2. The second-order valence-corrected chi connectivity index (χ2v) is 6.20. The zero-order valence-corrected chi connectivity index (χ0v) is 13.4. The number of hydrogen-bond acceptors (Lipinski definition) is 2. The molecule has 0 aliphatic carbocycles. The van der Waals surface area contributed by atoms with E-state index in [1.807, 2.05) is 43.3 Å². The van der Waals surface area contributed by atoms with E-state index >= 15 is 0 Å². The van der Waals surface area contributed by atoms with Gasteiger partial charge < -0.3 is 10.6 Å². The van der Waals surface area contributed by atoms with Gasteiger partial charge in [0.15, 0.2) is 0 Å². The van der Waals surface area contributed by atoms with Gasteiger partial charge in [0.2, 0.25) is 5.91 Å². The topological polar surface area (TPSA) is 41.1 Å². The lowest BCUT2D eigenvalue weighted by molar-refractivity contribution is -0.116. The largest absolute Gasteiger partial charge is 0.374 e. The fraction of sp³-hybridized carbons (Fsp3) is 0.235. The minimum atomic E-state index is -0.216. The van der Waals surface area contributed by atoms with Crippen molar-refractivity contribution in [3.63, 3.8) is 0 Å². The molecule has 1 atom stereocenters. The molecule has 0 bridgehead atoms. The third-order valence-corrected chi connectivity index (χ3v) is 4.66. The number of carbonyl (C=O) groups is 1. The number of fused-ring (bicyclic) bond motifs is 1. The molecule has 21 heavy (non-hydrogen) atoms. The molecule has 0 saturated heterocycles. The lowest BCUT2D eigenvalue weighted by Gasteiger charge is -2.17. The van der Waals surface area contributed by atoms with Crippen LogP contribution in [0.25, 0.3) is 0 Å². The first-order valence-corrected chi connectivity index (χ1v) is 7.84. The molecule has 3 nitrogen and oxygen atoms in total. The maximum Gasteiger partial charge on any atom is 0.246 e. The van der Waals surface area contributed by atoms with Crippen molar-refractivity contribution >= 4 is 33.2 Å². The lowest BCUT2D eigenvalue weighted by atomic mass is 10.1. The zero-order valence-electron chi connectivity index (χ0n) is 11.8. The van der Waals surface area contributed by atoms with E-state index in [1.165, 1.54) is 11.1 Å². The zero-order chi connectivity index (χ0) is 14.8. The van der Waals surface area contributed by atoms with Gasteiger partial charge in [0, 0.05) is 15.8 Å². The van der Waals surface area contributed by atoms with E-state index in [4.69, 9.17) is 0 Å². The predicted molar refractivity (Wildman–Crippen MR) is 89.7 cm³/mol. The molecule has 108 valence electrons. The van der Waals surface area contributed by atoms with Gasteiger partial charge in [-0.15, -0.1) is 0 Å². The summed E-state index contributed by atoms with van der Waals surface area (Å²) in [6, 6.07) is 13.8. The Hall–Kier alpha value is -1.81. The number of anilines is 2. The van der Waals surface area contributed by atoms with Crippen molar-refractivity contribution in [2.24, 2.45) is 0 Å². The Kier molecular flexibility index (Phi) is 3.97. The summed E-state index contributed by atoms with van der Waals surface area (Å²) < 4.78 is 1.05. The number of carbonyl (C=O) groups excluding carboxylic acids is 1. The molecule has 0 aromatic heterocycles. The van der Waals surface area contributed by atoms with Crippen LogP contribution in [0.1, 0.15) is 17.5 Å². The smallest absolute Gasteiger partial charge is 0.246 e. The number of rotatable bonds is 2. The van der Waals surface area contributed by atoms with Gasteiger partial charge in [0.1, 0.15) is 6.04 Å². The minimum Gasteiger partial charge on any atom is -0.374 e. The van der Waals surface area contributed by atoms with Crippen LogP contribution < -0.4 is 10.6 Å². The van der Waals surface area contributed by atoms with E-state index in [0.29, 0.717) is 0 Å². The van der Waals surface area contributed by atoms with Gasteiger partial charge in [0.25, 0.3) is 0 Å². The molecule has 1 amide bonds. The molecular formula is C17H17BrN2O. The van der Waals surface area contributed by atoms with Crippen LogP contribution in [0.15, 0.2) is 46.9 Å². The van der Waals surface area contributed by atoms with Crippen molar-refractivity contribution in [3.05, 3.63) is 58.1 Å². The summed E-state index contributed by atoms with van der Waals surface area (Å²) in [7, 11) is 0. The standard InChI is InChI=1S/C17H17BrN2O/c1-11-6-8-13(10-14(11)18)19-16-9-7-12-4-2-3-5-15(12)20-17(16)21/h2-6,8,10,16,19H,7,9H2,1H3,(H,20,21). The number of para-hydroxylation sites is 1. The lowest BCUT2D eigenvalue weighted by Crippen LogP contribution is -2.33. The van der Waals surface area contributed by atoms with Gasteiger partial charge >= 0.3 is 0 Å². The van der Waals surface area contributed by atoms with Crippen LogP contribution in [0.2, 0.25) is 0 Å². The van der Waals surface area contributed by atoms with Crippen molar-refractivity contribution in [3.8, 4) is 0 Å². The fourth-order valence-electron chi connectivity index (χ4n) is 2.53. The second-order valence-electron chi connectivity index (χ2n) is 5.35. The molecule has 0 fully saturated rings. The fourth-order valence-corrected chi connectivity index (χ4v) is 2.91. The van der Waals surface area contributed by atoms with Gasteiger partial charge in [0.05, 0.1) is 0 Å². The van der Waals surface area contributed by atoms with Crippen LogP contribution >= 0.6 is 15.9 Å². The monoisotopic (exact) mass is 344 g/mol. The van der Waals surface area contributed by atoms with Crippen molar-refractivity contribution in [1.29, 1.82) is 0 Å². The minimum absolute atomic E-state index is 0.0247. The Bertz CT molecular complexity index is 684. The normalized spacial score (nSPS) is 17.6. The maximum atomic E-state index is 12.3. The summed E-state index contributed by atoms with van der Waals surface area (Å²) >= 11 is 3.52. The van der Waals surface area contributed by atoms with Crippen LogP contribution in [0.3, 0.4) is 0 Å². The Morgan fingerprint density at radius 2 is 2.05 bits per heavy atom. The first-order valence-electron chi connectivity index (χ1n) is 7.05. The maximum absolute atomic E-state index is 12.3. The molecule has 2 aromatic rings. The highest BCUT2D eigenvalue weighted by Crippen LogP contribution is 2.25. The molecule has 0 radical (unpaired) electrons. The summed E-state index contributed by atoms with van der Waals surface area (Å²) in [4.78, 5) is 12.3. The number of nitrogens with one attached hydrogen (secondary N) is 2. The number of halogens is 1. The van der Waals surface area contributed by atoms with Crippen LogP contribution in [-0.4, -0.2) is 11.9 Å². The molecule has 1 aliphatic heterocycles. The van der Waals surface area contributed by atoms with E-state index in [1.54, 1.807) is 0 Å². The van der Waals surface area contributed by atoms with Crippen LogP contribution in [0, 0.1) is 6.92 Å². The molecule has 1 unspecified atom stereocenters. The highest BCUT2D eigenvalue weighted by molar-refractivity contribution is 9.10. The Morgan fingerprint density at radius 3 is 2.86 bits per heavy atom. The SMILES string of the molecule is Cc1ccc(NC2CCc3ccccc3NC2=O)cc1Br. The molecule has 1 heterocycles. The second kappa shape index (κ2) is 5.90. The highest BCUT2D eigenvalue weighted by Gasteiger charge is 2.23. The Balaban J connectivity index is 1.78. The first-order chi connectivity index (χ1) is 10.1. The molecular weight excluding hydrogens is 328 g/mol. The van der Waals surface area contributed by atoms with Crippen molar-refractivity contribution in [2.75, 3.05) is 10.6 Å². The highest BCUT2D eigenvalue weighted by atomic mass is 79.9. The van der Waals surface area contributed by atoms with Gasteiger partial charge in [-0.3, -0.25) is 4.79 Å². The summed E-state index contributed by atoms with van der Waals surface area (Å²) in [5, 5.41) is 6.34.